The van der Waals surface area contributed by atoms with Gasteiger partial charge in [0, 0.05) is 0 Å². The summed E-state index contributed by atoms with van der Waals surface area (Å²) < 4.78 is 14.9. The number of carbonyl (C=O) groups excluding carboxylic acids is 2. The molecule has 0 aliphatic carbocycles. The van der Waals surface area contributed by atoms with Gasteiger partial charge in [-0.15, -0.1) is 0 Å². The highest BCUT2D eigenvalue weighted by Crippen LogP contribution is 2.32. The molecule has 1 fully saturated rings. The number of benzene rings is 2. The van der Waals surface area contributed by atoms with E-state index in [0.29, 0.717) is 5.69 Å². The van der Waals surface area contributed by atoms with Crippen LogP contribution in [0.3, 0.4) is 0 Å². The van der Waals surface area contributed by atoms with Crippen LogP contribution in [0.4, 0.5) is 10.1 Å². The van der Waals surface area contributed by atoms with Gasteiger partial charge in [-0.2, -0.15) is 0 Å². The number of imide groups is 1. The molecule has 2 aromatic carbocycles. The maximum Gasteiger partial charge on any atom is 0.257 e. The molecule has 1 aromatic heterocycles. The molecular formula is C19H16FN3O2. The van der Waals surface area contributed by atoms with E-state index >= 15 is 0 Å². The van der Waals surface area contributed by atoms with Crippen molar-refractivity contribution in [1.82, 2.24) is 9.55 Å². The molecule has 0 spiro atoms. The topological polar surface area (TPSA) is 55.2 Å². The van der Waals surface area contributed by atoms with Gasteiger partial charge in [0.05, 0.1) is 29.5 Å². The third-order valence-corrected chi connectivity index (χ3v) is 4.73. The summed E-state index contributed by atoms with van der Waals surface area (Å²) in [5.74, 6) is -1.03. The zero-order chi connectivity index (χ0) is 17.7. The second kappa shape index (κ2) is 5.51. The van der Waals surface area contributed by atoms with Crippen LogP contribution in [0.25, 0.3) is 11.0 Å². The van der Waals surface area contributed by atoms with Crippen LogP contribution in [-0.4, -0.2) is 21.4 Å². The molecule has 0 saturated carbocycles. The lowest BCUT2D eigenvalue weighted by molar-refractivity contribution is -0.122. The van der Waals surface area contributed by atoms with Crippen LogP contribution in [0.15, 0.2) is 42.7 Å². The summed E-state index contributed by atoms with van der Waals surface area (Å²) in [6, 6.07) is 8.67. The summed E-state index contributed by atoms with van der Waals surface area (Å²) in [6.45, 7) is 4.01. The van der Waals surface area contributed by atoms with E-state index in [0.717, 1.165) is 27.1 Å². The summed E-state index contributed by atoms with van der Waals surface area (Å²) >= 11 is 0. The van der Waals surface area contributed by atoms with Crippen molar-refractivity contribution in [3.63, 3.8) is 0 Å². The highest BCUT2D eigenvalue weighted by molar-refractivity contribution is 6.21. The minimum absolute atomic E-state index is 0.0641. The Kier molecular flexibility index (Phi) is 3.42. The van der Waals surface area contributed by atoms with Gasteiger partial charge in [0.25, 0.3) is 5.91 Å². The van der Waals surface area contributed by atoms with Gasteiger partial charge in [-0.25, -0.2) is 14.3 Å². The van der Waals surface area contributed by atoms with E-state index in [-0.39, 0.29) is 18.2 Å². The van der Waals surface area contributed by atoms with Gasteiger partial charge < -0.3 is 4.57 Å². The number of halogens is 1. The number of carbonyl (C=O) groups is 2. The molecule has 1 aliphatic rings. The van der Waals surface area contributed by atoms with E-state index < -0.39 is 11.9 Å². The van der Waals surface area contributed by atoms with Crippen molar-refractivity contribution in [2.24, 2.45) is 0 Å². The van der Waals surface area contributed by atoms with Crippen molar-refractivity contribution in [3.05, 3.63) is 59.7 Å². The highest BCUT2D eigenvalue weighted by atomic mass is 19.1. The predicted octanol–water partition coefficient (Wildman–Crippen LogP) is 3.30. The molecule has 4 rings (SSSR count). The van der Waals surface area contributed by atoms with Crippen molar-refractivity contribution in [2.75, 3.05) is 4.90 Å². The van der Waals surface area contributed by atoms with Crippen LogP contribution in [0.2, 0.25) is 0 Å². The summed E-state index contributed by atoms with van der Waals surface area (Å²) in [4.78, 5) is 30.8. The lowest BCUT2D eigenvalue weighted by Gasteiger charge is -2.16. The quantitative estimate of drug-likeness (QED) is 0.674. The van der Waals surface area contributed by atoms with Gasteiger partial charge >= 0.3 is 0 Å². The largest absolute Gasteiger partial charge is 0.317 e. The van der Waals surface area contributed by atoms with E-state index in [1.54, 1.807) is 10.9 Å². The fraction of sp³-hybridized carbons (Fsp3) is 0.211. The molecule has 25 heavy (non-hydrogen) atoms. The standard InChI is InChI=1S/C19H16FN3O2/c1-11-7-15-16(8-12(11)2)22(10-21-15)17-9-18(24)23(19(17)25)14-5-3-13(20)4-6-14/h3-8,10,17H,9H2,1-2H3/t17-/m1/s1. The lowest BCUT2D eigenvalue weighted by atomic mass is 10.1. The Balaban J connectivity index is 1.75. The van der Waals surface area contributed by atoms with Gasteiger partial charge in [-0.3, -0.25) is 9.59 Å². The second-order valence-electron chi connectivity index (χ2n) is 6.34. The average Bonchev–Trinajstić information content (AvgIpc) is 3.10. The van der Waals surface area contributed by atoms with E-state index in [1.807, 2.05) is 26.0 Å². The molecule has 0 radical (unpaired) electrons. The number of rotatable bonds is 2. The molecule has 1 aliphatic heterocycles. The monoisotopic (exact) mass is 337 g/mol. The lowest BCUT2D eigenvalue weighted by Crippen LogP contribution is -2.31. The first kappa shape index (κ1) is 15.5. The summed E-state index contributed by atoms with van der Waals surface area (Å²) in [5.41, 5.74) is 4.23. The first-order chi connectivity index (χ1) is 12.0. The maximum atomic E-state index is 13.1. The average molecular weight is 337 g/mol. The van der Waals surface area contributed by atoms with Gasteiger partial charge in [-0.05, 0) is 61.4 Å². The molecule has 0 unspecified atom stereocenters. The second-order valence-corrected chi connectivity index (χ2v) is 6.34. The number of hydrogen-bond acceptors (Lipinski definition) is 3. The number of aryl methyl sites for hydroxylation is 2. The number of fused-ring (bicyclic) bond motifs is 1. The summed E-state index contributed by atoms with van der Waals surface area (Å²) in [5, 5.41) is 0. The van der Waals surface area contributed by atoms with Crippen molar-refractivity contribution < 1.29 is 14.0 Å². The summed E-state index contributed by atoms with van der Waals surface area (Å²) in [7, 11) is 0. The van der Waals surface area contributed by atoms with Gasteiger partial charge in [-0.1, -0.05) is 0 Å². The van der Waals surface area contributed by atoms with Crippen LogP contribution in [-0.2, 0) is 9.59 Å². The van der Waals surface area contributed by atoms with E-state index in [4.69, 9.17) is 0 Å². The molecule has 6 heteroatoms. The SMILES string of the molecule is Cc1cc2ncn([C@@H]3CC(=O)N(c4ccc(F)cc4)C3=O)c2cc1C. The number of amides is 2. The molecule has 1 atom stereocenters. The van der Waals surface area contributed by atoms with E-state index in [9.17, 15) is 14.0 Å². The predicted molar refractivity (Wildman–Crippen MR) is 91.8 cm³/mol. The number of nitrogens with zero attached hydrogens (tertiary/aromatic N) is 3. The Labute approximate surface area is 143 Å². The minimum atomic E-state index is -0.635. The van der Waals surface area contributed by atoms with Crippen LogP contribution >= 0.6 is 0 Å². The van der Waals surface area contributed by atoms with Gasteiger partial charge in [0.2, 0.25) is 5.91 Å². The zero-order valence-corrected chi connectivity index (χ0v) is 13.9. The number of anilines is 1. The van der Waals surface area contributed by atoms with Gasteiger partial charge in [0.1, 0.15) is 11.9 Å². The van der Waals surface area contributed by atoms with Crippen molar-refractivity contribution in [2.45, 2.75) is 26.3 Å². The first-order valence-electron chi connectivity index (χ1n) is 8.02. The molecule has 0 bridgehead atoms. The Morgan fingerprint density at radius 3 is 2.48 bits per heavy atom. The fourth-order valence-electron chi connectivity index (χ4n) is 3.23. The molecule has 0 N–H and O–H groups in total. The van der Waals surface area contributed by atoms with E-state index in [2.05, 4.69) is 4.98 Å². The third kappa shape index (κ3) is 2.41. The minimum Gasteiger partial charge on any atom is -0.317 e. The zero-order valence-electron chi connectivity index (χ0n) is 13.9. The first-order valence-corrected chi connectivity index (χ1v) is 8.02. The van der Waals surface area contributed by atoms with Crippen molar-refractivity contribution >= 4 is 28.5 Å². The summed E-state index contributed by atoms with van der Waals surface area (Å²) in [6.07, 6.45) is 1.67. The molecule has 2 heterocycles. The smallest absolute Gasteiger partial charge is 0.257 e. The molecule has 3 aromatic rings. The van der Waals surface area contributed by atoms with Crippen LogP contribution in [0, 0.1) is 19.7 Å². The van der Waals surface area contributed by atoms with Crippen LogP contribution < -0.4 is 4.90 Å². The molecule has 2 amide bonds. The Bertz CT molecular complexity index is 1010. The highest BCUT2D eigenvalue weighted by Gasteiger charge is 2.41. The maximum absolute atomic E-state index is 13.1. The fourth-order valence-corrected chi connectivity index (χ4v) is 3.23. The molecule has 126 valence electrons. The van der Waals surface area contributed by atoms with E-state index in [1.165, 1.54) is 24.3 Å². The Morgan fingerprint density at radius 2 is 1.76 bits per heavy atom. The van der Waals surface area contributed by atoms with Crippen molar-refractivity contribution in [1.29, 1.82) is 0 Å². The normalized spacial score (nSPS) is 17.7. The number of aromatic nitrogens is 2. The molecular weight excluding hydrogens is 321 g/mol. The number of hydrogen-bond donors (Lipinski definition) is 0. The van der Waals surface area contributed by atoms with Gasteiger partial charge in [0.15, 0.2) is 0 Å². The van der Waals surface area contributed by atoms with Crippen LogP contribution in [0.1, 0.15) is 23.6 Å². The third-order valence-electron chi connectivity index (χ3n) is 4.73. The molecule has 5 nitrogen and oxygen atoms in total. The molecule has 1 saturated heterocycles. The van der Waals surface area contributed by atoms with Crippen LogP contribution in [0.5, 0.6) is 0 Å². The Morgan fingerprint density at radius 1 is 1.08 bits per heavy atom. The van der Waals surface area contributed by atoms with Crippen molar-refractivity contribution in [3.8, 4) is 0 Å². The Hall–Kier alpha value is -3.02. The number of imidazole rings is 1.